The van der Waals surface area contributed by atoms with Gasteiger partial charge in [0.15, 0.2) is 0 Å². The molecule has 0 aromatic carbocycles. The van der Waals surface area contributed by atoms with Crippen molar-refractivity contribution in [3.63, 3.8) is 0 Å². The van der Waals surface area contributed by atoms with Gasteiger partial charge in [0.2, 0.25) is 6.30 Å². The van der Waals surface area contributed by atoms with Gasteiger partial charge in [-0.1, -0.05) is 0 Å². The smallest absolute Gasteiger partial charge is 0.369 e. The molecule has 0 N–H and O–H groups in total. The number of piperidine rings is 1. The van der Waals surface area contributed by atoms with Gasteiger partial charge in [0, 0.05) is 13.1 Å². The Labute approximate surface area is 164 Å². The van der Waals surface area contributed by atoms with E-state index in [1.54, 1.807) is 0 Å². The van der Waals surface area contributed by atoms with Gasteiger partial charge < -0.3 is 4.74 Å². The van der Waals surface area contributed by atoms with Crippen LogP contribution < -0.4 is 0 Å². The Morgan fingerprint density at radius 3 is 1.42 bits per heavy atom. The zero-order valence-corrected chi connectivity index (χ0v) is 14.9. The van der Waals surface area contributed by atoms with Crippen molar-refractivity contribution in [2.45, 2.75) is 49.3 Å². The van der Waals surface area contributed by atoms with E-state index in [1.165, 1.54) is 0 Å². The summed E-state index contributed by atoms with van der Waals surface area (Å²) < 4.78 is 196. The first-order chi connectivity index (χ1) is 13.6. The Morgan fingerprint density at radius 2 is 1.06 bits per heavy atom. The Kier molecular flexibility index (Phi) is 8.12. The predicted octanol–water partition coefficient (Wildman–Crippen LogP) is 5.53. The fourth-order valence-corrected chi connectivity index (χ4v) is 2.76. The molecule has 1 aliphatic heterocycles. The van der Waals surface area contributed by atoms with Crippen LogP contribution in [0.25, 0.3) is 0 Å². The summed E-state index contributed by atoms with van der Waals surface area (Å²) in [5, 5.41) is 0. The normalized spacial score (nSPS) is 24.9. The van der Waals surface area contributed by atoms with Crippen LogP contribution in [0, 0.1) is 11.8 Å². The second kappa shape index (κ2) is 9.02. The third kappa shape index (κ3) is 7.46. The zero-order chi connectivity index (χ0) is 24.6. The lowest BCUT2D eigenvalue weighted by Gasteiger charge is -2.41. The molecule has 0 spiro atoms. The van der Waals surface area contributed by atoms with E-state index in [-0.39, 0.29) is 0 Å². The Hall–Kier alpha value is -1.13. The number of ether oxygens (including phenoxy) is 1. The number of hydrogen-bond acceptors (Lipinski definition) is 2. The lowest BCUT2D eigenvalue weighted by molar-refractivity contribution is -0.267. The van der Waals surface area contributed by atoms with Crippen molar-refractivity contribution in [3.05, 3.63) is 0 Å². The van der Waals surface area contributed by atoms with E-state index in [1.807, 2.05) is 0 Å². The van der Waals surface area contributed by atoms with Crippen LogP contribution in [0.3, 0.4) is 0 Å². The first-order valence-electron chi connectivity index (χ1n) is 8.14. The van der Waals surface area contributed by atoms with Crippen molar-refractivity contribution < 1.29 is 70.6 Å². The van der Waals surface area contributed by atoms with Crippen LogP contribution in [0.5, 0.6) is 0 Å². The van der Waals surface area contributed by atoms with E-state index in [0.717, 1.165) is 0 Å². The van der Waals surface area contributed by atoms with E-state index in [0.29, 0.717) is 0 Å². The predicted molar refractivity (Wildman–Crippen MR) is 71.8 cm³/mol. The first kappa shape index (κ1) is 27.9. The molecule has 0 amide bonds. The third-order valence-corrected chi connectivity index (χ3v) is 4.32. The van der Waals surface area contributed by atoms with Gasteiger partial charge in [0.25, 0.3) is 6.17 Å². The van der Waals surface area contributed by atoms with Gasteiger partial charge in [-0.3, -0.25) is 4.90 Å². The second-order valence-electron chi connectivity index (χ2n) is 6.92. The number of hydrogen-bond donors (Lipinski definition) is 0. The minimum absolute atomic E-state index is 0.505. The number of halogens is 15. The van der Waals surface area contributed by atoms with E-state index in [4.69, 9.17) is 0 Å². The van der Waals surface area contributed by atoms with Crippen molar-refractivity contribution in [2.75, 3.05) is 26.3 Å². The Balaban J connectivity index is 2.87. The lowest BCUT2D eigenvalue weighted by Crippen LogP contribution is -2.57. The van der Waals surface area contributed by atoms with E-state index < -0.39 is 92.3 Å². The molecule has 31 heavy (non-hydrogen) atoms. The third-order valence-electron chi connectivity index (χ3n) is 4.32. The molecule has 17 heteroatoms. The maximum Gasteiger partial charge on any atom is 0.425 e. The standard InChI is InChI=1S/C14H14F15NO/c15-8(14(27,28)29)10(17,18)4-31-5-11(19,20)9(16)30-2-6(12(21,22)23)1-7(3-30)13(24,25)26/h6-9H,1-5H2. The lowest BCUT2D eigenvalue weighted by atomic mass is 9.88. The maximum atomic E-state index is 14.1. The number of alkyl halides is 15. The molecule has 1 aliphatic rings. The number of rotatable bonds is 7. The highest BCUT2D eigenvalue weighted by molar-refractivity contribution is 4.90. The van der Waals surface area contributed by atoms with Crippen molar-refractivity contribution >= 4 is 0 Å². The number of likely N-dealkylation sites (tertiary alicyclic amines) is 1. The maximum absolute atomic E-state index is 14.1. The highest BCUT2D eigenvalue weighted by Crippen LogP contribution is 2.43. The highest BCUT2D eigenvalue weighted by atomic mass is 19.4. The molecule has 1 fully saturated rings. The zero-order valence-electron chi connectivity index (χ0n) is 14.9. The average Bonchev–Trinajstić information content (AvgIpc) is 2.57. The monoisotopic (exact) mass is 497 g/mol. The number of nitrogens with zero attached hydrogens (tertiary/aromatic N) is 1. The molecular formula is C14H14F15NO. The molecule has 1 heterocycles. The van der Waals surface area contributed by atoms with Gasteiger partial charge >= 0.3 is 30.4 Å². The minimum atomic E-state index is -6.09. The molecule has 0 aromatic heterocycles. The summed E-state index contributed by atoms with van der Waals surface area (Å²) in [7, 11) is 0. The molecule has 0 aromatic rings. The van der Waals surface area contributed by atoms with Crippen molar-refractivity contribution in [2.24, 2.45) is 11.8 Å². The van der Waals surface area contributed by atoms with Crippen LogP contribution in [0.2, 0.25) is 0 Å². The second-order valence-corrected chi connectivity index (χ2v) is 6.92. The van der Waals surface area contributed by atoms with Crippen LogP contribution >= 0.6 is 0 Å². The Bertz CT molecular complexity index is 562. The summed E-state index contributed by atoms with van der Waals surface area (Å²) in [5.41, 5.74) is 0. The van der Waals surface area contributed by atoms with E-state index in [9.17, 15) is 65.9 Å². The van der Waals surface area contributed by atoms with E-state index in [2.05, 4.69) is 4.74 Å². The molecule has 4 atom stereocenters. The van der Waals surface area contributed by atoms with E-state index >= 15 is 0 Å². The molecule has 186 valence electrons. The molecule has 0 radical (unpaired) electrons. The average molecular weight is 497 g/mol. The van der Waals surface area contributed by atoms with Gasteiger partial charge in [-0.05, 0) is 6.42 Å². The van der Waals surface area contributed by atoms with Crippen LogP contribution in [0.4, 0.5) is 65.9 Å². The molecule has 1 saturated heterocycles. The van der Waals surface area contributed by atoms with Crippen molar-refractivity contribution in [1.29, 1.82) is 0 Å². The largest absolute Gasteiger partial charge is 0.425 e. The molecule has 0 saturated carbocycles. The van der Waals surface area contributed by atoms with Gasteiger partial charge in [-0.25, -0.2) is 17.6 Å². The first-order valence-corrected chi connectivity index (χ1v) is 8.14. The van der Waals surface area contributed by atoms with Crippen LogP contribution in [-0.2, 0) is 4.74 Å². The SMILES string of the molecule is FC(N1CC(C(F)(F)F)CC(C(F)(F)F)C1)C(F)(F)COCC(F)(F)C(F)C(F)(F)F. The molecule has 0 aliphatic carbocycles. The molecule has 4 unspecified atom stereocenters. The van der Waals surface area contributed by atoms with Crippen molar-refractivity contribution in [1.82, 2.24) is 4.90 Å². The van der Waals surface area contributed by atoms with Gasteiger partial charge in [0.05, 0.1) is 11.8 Å². The summed E-state index contributed by atoms with van der Waals surface area (Å²) in [6.45, 7) is -8.31. The fraction of sp³-hybridized carbons (Fsp3) is 1.00. The van der Waals surface area contributed by atoms with Crippen molar-refractivity contribution in [3.8, 4) is 0 Å². The summed E-state index contributed by atoms with van der Waals surface area (Å²) in [4.78, 5) is -0.505. The van der Waals surface area contributed by atoms with Crippen LogP contribution in [0.1, 0.15) is 6.42 Å². The van der Waals surface area contributed by atoms with Gasteiger partial charge in [0.1, 0.15) is 13.2 Å². The minimum Gasteiger partial charge on any atom is -0.369 e. The molecule has 1 rings (SSSR count). The van der Waals surface area contributed by atoms with Crippen LogP contribution in [0.15, 0.2) is 0 Å². The summed E-state index contributed by atoms with van der Waals surface area (Å²) in [5.74, 6) is -16.1. The molecule has 2 nitrogen and oxygen atoms in total. The highest BCUT2D eigenvalue weighted by Gasteiger charge is 2.58. The van der Waals surface area contributed by atoms with Crippen LogP contribution in [-0.4, -0.2) is 74.0 Å². The van der Waals surface area contributed by atoms with Gasteiger partial charge in [-0.15, -0.1) is 0 Å². The summed E-state index contributed by atoms with van der Waals surface area (Å²) in [6, 6.07) is 0. The fourth-order valence-electron chi connectivity index (χ4n) is 2.76. The Morgan fingerprint density at radius 1 is 0.677 bits per heavy atom. The quantitative estimate of drug-likeness (QED) is 0.339. The van der Waals surface area contributed by atoms with Gasteiger partial charge in [-0.2, -0.15) is 48.3 Å². The molecule has 0 bridgehead atoms. The summed E-state index contributed by atoms with van der Waals surface area (Å²) >= 11 is 0. The summed E-state index contributed by atoms with van der Waals surface area (Å²) in [6.07, 6.45) is -27.0. The topological polar surface area (TPSA) is 12.5 Å². The molecular weight excluding hydrogens is 483 g/mol.